The third kappa shape index (κ3) is 6.15. The van der Waals surface area contributed by atoms with E-state index in [-0.39, 0.29) is 19.8 Å². The maximum Gasteiger partial charge on any atom is 0.340 e. The van der Waals surface area contributed by atoms with Crippen LogP contribution in [0.25, 0.3) is 0 Å². The Morgan fingerprint density at radius 3 is 2.17 bits per heavy atom. The zero-order valence-corrected chi connectivity index (χ0v) is 13.9. The number of hydrogen-bond donors (Lipinski definition) is 1. The number of carbonyl (C=O) groups is 3. The second kappa shape index (κ2) is 10.1. The fraction of sp³-hybridized carbons (Fsp3) is 0.438. The molecule has 0 aromatic heterocycles. The van der Waals surface area contributed by atoms with Gasteiger partial charge in [0.1, 0.15) is 11.5 Å². The van der Waals surface area contributed by atoms with Crippen molar-refractivity contribution in [3.05, 3.63) is 24.3 Å². The molecule has 0 saturated carbocycles. The molecular weight excluding hydrogens is 318 g/mol. The van der Waals surface area contributed by atoms with Gasteiger partial charge in [0.15, 0.2) is 6.61 Å². The van der Waals surface area contributed by atoms with Gasteiger partial charge in [-0.05, 0) is 26.0 Å². The van der Waals surface area contributed by atoms with Crippen LogP contribution in [-0.2, 0) is 23.9 Å². The van der Waals surface area contributed by atoms with Gasteiger partial charge in [0.05, 0.1) is 20.3 Å². The van der Waals surface area contributed by atoms with Crippen molar-refractivity contribution in [1.29, 1.82) is 0 Å². The molecule has 0 aliphatic carbocycles. The largest absolute Gasteiger partial charge is 0.497 e. The van der Waals surface area contributed by atoms with Crippen LogP contribution in [0.1, 0.15) is 13.8 Å². The van der Waals surface area contributed by atoms with E-state index in [1.54, 1.807) is 38.1 Å². The second-order valence-corrected chi connectivity index (χ2v) is 4.47. The number of amides is 1. The Kier molecular flexibility index (Phi) is 8.10. The fourth-order valence-electron chi connectivity index (χ4n) is 1.71. The van der Waals surface area contributed by atoms with Crippen LogP contribution in [0.5, 0.6) is 11.5 Å². The van der Waals surface area contributed by atoms with Gasteiger partial charge in [-0.3, -0.25) is 4.79 Å². The van der Waals surface area contributed by atoms with Gasteiger partial charge in [0.25, 0.3) is 5.91 Å². The Hall–Kier alpha value is -2.77. The highest BCUT2D eigenvalue weighted by Gasteiger charge is 2.31. The molecule has 0 unspecified atom stereocenters. The summed E-state index contributed by atoms with van der Waals surface area (Å²) in [7, 11) is 1.51. The minimum Gasteiger partial charge on any atom is -0.497 e. The molecular formula is C16H21NO7. The first-order valence-electron chi connectivity index (χ1n) is 7.41. The summed E-state index contributed by atoms with van der Waals surface area (Å²) in [6.45, 7) is 2.94. The third-order valence-corrected chi connectivity index (χ3v) is 2.76. The zero-order chi connectivity index (χ0) is 17.9. The van der Waals surface area contributed by atoms with Gasteiger partial charge in [-0.15, -0.1) is 0 Å². The Morgan fingerprint density at radius 2 is 1.62 bits per heavy atom. The number of ether oxygens (including phenoxy) is 4. The van der Waals surface area contributed by atoms with Gasteiger partial charge in [0.2, 0.25) is 6.04 Å². The number of rotatable bonds is 9. The lowest BCUT2D eigenvalue weighted by atomic mass is 10.3. The fourth-order valence-corrected chi connectivity index (χ4v) is 1.71. The van der Waals surface area contributed by atoms with E-state index < -0.39 is 23.9 Å². The number of nitrogens with one attached hydrogen (secondary N) is 1. The van der Waals surface area contributed by atoms with Crippen LogP contribution >= 0.6 is 0 Å². The molecule has 0 saturated heterocycles. The Bertz CT molecular complexity index is 555. The van der Waals surface area contributed by atoms with Gasteiger partial charge in [-0.25, -0.2) is 9.59 Å². The van der Waals surface area contributed by atoms with Gasteiger partial charge in [-0.2, -0.15) is 0 Å². The van der Waals surface area contributed by atoms with Crippen molar-refractivity contribution in [3.8, 4) is 11.5 Å². The summed E-state index contributed by atoms with van der Waals surface area (Å²) in [6.07, 6.45) is 0. The number of carbonyl (C=O) groups excluding carboxylic acids is 3. The first-order chi connectivity index (χ1) is 11.5. The lowest BCUT2D eigenvalue weighted by molar-refractivity contribution is -0.159. The van der Waals surface area contributed by atoms with Gasteiger partial charge >= 0.3 is 11.9 Å². The molecule has 24 heavy (non-hydrogen) atoms. The molecule has 8 heteroatoms. The smallest absolute Gasteiger partial charge is 0.340 e. The predicted molar refractivity (Wildman–Crippen MR) is 83.7 cm³/mol. The molecule has 8 nitrogen and oxygen atoms in total. The highest BCUT2D eigenvalue weighted by atomic mass is 16.6. The van der Waals surface area contributed by atoms with Gasteiger partial charge < -0.3 is 24.3 Å². The van der Waals surface area contributed by atoms with Crippen LogP contribution in [0.3, 0.4) is 0 Å². The lowest BCUT2D eigenvalue weighted by Gasteiger charge is -2.16. The van der Waals surface area contributed by atoms with Crippen molar-refractivity contribution in [2.24, 2.45) is 0 Å². The van der Waals surface area contributed by atoms with E-state index >= 15 is 0 Å². The molecule has 1 amide bonds. The zero-order valence-electron chi connectivity index (χ0n) is 13.9. The molecule has 1 aromatic carbocycles. The van der Waals surface area contributed by atoms with Gasteiger partial charge in [-0.1, -0.05) is 6.07 Å². The summed E-state index contributed by atoms with van der Waals surface area (Å²) in [5.74, 6) is -1.45. The van der Waals surface area contributed by atoms with E-state index in [9.17, 15) is 14.4 Å². The first kappa shape index (κ1) is 19.3. The van der Waals surface area contributed by atoms with Crippen LogP contribution in [0.4, 0.5) is 0 Å². The number of benzene rings is 1. The minimum absolute atomic E-state index is 0.0743. The van der Waals surface area contributed by atoms with E-state index in [0.29, 0.717) is 11.5 Å². The van der Waals surface area contributed by atoms with E-state index in [2.05, 4.69) is 5.32 Å². The lowest BCUT2D eigenvalue weighted by Crippen LogP contribution is -2.49. The van der Waals surface area contributed by atoms with Crippen molar-refractivity contribution in [2.75, 3.05) is 26.9 Å². The van der Waals surface area contributed by atoms with Gasteiger partial charge in [0, 0.05) is 6.07 Å². The summed E-state index contributed by atoms with van der Waals surface area (Å²) >= 11 is 0. The molecule has 0 aliphatic heterocycles. The molecule has 1 N–H and O–H groups in total. The molecule has 0 bridgehead atoms. The van der Waals surface area contributed by atoms with Crippen molar-refractivity contribution in [3.63, 3.8) is 0 Å². The second-order valence-electron chi connectivity index (χ2n) is 4.47. The molecule has 1 rings (SSSR count). The first-order valence-corrected chi connectivity index (χ1v) is 7.41. The molecule has 0 atom stereocenters. The number of esters is 2. The van der Waals surface area contributed by atoms with E-state index in [0.717, 1.165) is 0 Å². The number of hydrogen-bond acceptors (Lipinski definition) is 7. The summed E-state index contributed by atoms with van der Waals surface area (Å²) < 4.78 is 19.8. The Labute approximate surface area is 140 Å². The number of methoxy groups -OCH3 is 1. The average molecular weight is 339 g/mol. The summed E-state index contributed by atoms with van der Waals surface area (Å²) in [5, 5.41) is 2.24. The highest BCUT2D eigenvalue weighted by Crippen LogP contribution is 2.18. The monoisotopic (exact) mass is 339 g/mol. The predicted octanol–water partition coefficient (Wildman–Crippen LogP) is 0.685. The van der Waals surface area contributed by atoms with Crippen molar-refractivity contribution < 1.29 is 33.3 Å². The van der Waals surface area contributed by atoms with Crippen molar-refractivity contribution >= 4 is 17.8 Å². The Balaban J connectivity index is 2.63. The standard InChI is InChI=1S/C16H21NO7/c1-4-22-15(19)14(16(20)23-5-2)17-13(18)10-24-12-8-6-7-11(9-12)21-3/h6-9,14H,4-5,10H2,1-3H3,(H,17,18). The van der Waals surface area contributed by atoms with Crippen LogP contribution in [-0.4, -0.2) is 50.8 Å². The molecule has 0 aliphatic rings. The Morgan fingerprint density at radius 1 is 1.04 bits per heavy atom. The SMILES string of the molecule is CCOC(=O)C(NC(=O)COc1cccc(OC)c1)C(=O)OCC. The molecule has 1 aromatic rings. The molecule has 0 spiro atoms. The van der Waals surface area contributed by atoms with Crippen LogP contribution in [0.2, 0.25) is 0 Å². The maximum atomic E-state index is 11.9. The minimum atomic E-state index is -1.52. The van der Waals surface area contributed by atoms with Crippen molar-refractivity contribution in [2.45, 2.75) is 19.9 Å². The van der Waals surface area contributed by atoms with E-state index in [1.165, 1.54) is 7.11 Å². The van der Waals surface area contributed by atoms with E-state index in [1.807, 2.05) is 0 Å². The van der Waals surface area contributed by atoms with E-state index in [4.69, 9.17) is 18.9 Å². The topological polar surface area (TPSA) is 100 Å². The summed E-state index contributed by atoms with van der Waals surface area (Å²) in [6, 6.07) is 5.15. The molecule has 132 valence electrons. The quantitative estimate of drug-likeness (QED) is 0.522. The molecule has 0 heterocycles. The maximum absolute atomic E-state index is 11.9. The summed E-state index contributed by atoms with van der Waals surface area (Å²) in [4.78, 5) is 35.4. The summed E-state index contributed by atoms with van der Waals surface area (Å²) in [5.41, 5.74) is 0. The average Bonchev–Trinajstić information content (AvgIpc) is 2.58. The third-order valence-electron chi connectivity index (χ3n) is 2.76. The molecule has 0 fully saturated rings. The van der Waals surface area contributed by atoms with Crippen LogP contribution < -0.4 is 14.8 Å². The molecule has 0 radical (unpaired) electrons. The normalized spacial score (nSPS) is 10.0. The highest BCUT2D eigenvalue weighted by molar-refractivity contribution is 6.02. The van der Waals surface area contributed by atoms with Crippen molar-refractivity contribution in [1.82, 2.24) is 5.32 Å². The van der Waals surface area contributed by atoms with Crippen LogP contribution in [0.15, 0.2) is 24.3 Å². The van der Waals surface area contributed by atoms with Crippen LogP contribution in [0, 0.1) is 0 Å².